The first kappa shape index (κ1) is 28.2. The van der Waals surface area contributed by atoms with E-state index in [1.807, 2.05) is 0 Å². The highest BCUT2D eigenvalue weighted by atomic mass is 32.5. The Morgan fingerprint density at radius 2 is 1.40 bits per heavy atom. The summed E-state index contributed by atoms with van der Waals surface area (Å²) in [7, 11) is -13.4. The van der Waals surface area contributed by atoms with E-state index in [-0.39, 0.29) is 22.3 Å². The van der Waals surface area contributed by atoms with Crippen LogP contribution in [-0.2, 0) is 9.84 Å². The number of rotatable bonds is 7. The molecule has 2 aromatic carbocycles. The lowest BCUT2D eigenvalue weighted by Gasteiger charge is -2.40. The third kappa shape index (κ3) is 5.75. The van der Waals surface area contributed by atoms with Crippen LogP contribution in [0.5, 0.6) is 0 Å². The van der Waals surface area contributed by atoms with E-state index in [1.165, 1.54) is 28.8 Å². The molecule has 0 unspecified atom stereocenters. The van der Waals surface area contributed by atoms with Crippen LogP contribution >= 0.6 is 10.2 Å². The fraction of sp³-hybridized carbons (Fsp3) is 0.280. The van der Waals surface area contributed by atoms with Crippen molar-refractivity contribution in [2.75, 3.05) is 5.32 Å². The van der Waals surface area contributed by atoms with Gasteiger partial charge in [-0.25, -0.2) is 17.2 Å². The lowest BCUT2D eigenvalue weighted by atomic mass is 9.95. The molecule has 0 amide bonds. The summed E-state index contributed by atoms with van der Waals surface area (Å²) in [5, 5.41) is 9.51. The summed E-state index contributed by atoms with van der Waals surface area (Å²) in [6, 6.07) is 11.6. The molecule has 0 aliphatic heterocycles. The molecule has 1 aliphatic rings. The molecule has 4 aromatic rings. The molecule has 0 atom stereocenters. The first-order valence-corrected chi connectivity index (χ1v) is 15.6. The molecular formula is C25H23F7N4O2S2. The Bertz CT molecular complexity index is 1650. The summed E-state index contributed by atoms with van der Waals surface area (Å²) in [6.45, 7) is 0. The molecule has 6 nitrogen and oxygen atoms in total. The predicted molar refractivity (Wildman–Crippen MR) is 138 cm³/mol. The molecule has 5 rings (SSSR count). The van der Waals surface area contributed by atoms with E-state index >= 15 is 0 Å². The van der Waals surface area contributed by atoms with Gasteiger partial charge in [0.25, 0.3) is 6.43 Å². The Labute approximate surface area is 224 Å². The molecule has 40 heavy (non-hydrogen) atoms. The van der Waals surface area contributed by atoms with Gasteiger partial charge in [-0.2, -0.15) is 0 Å². The average molecular weight is 609 g/mol. The zero-order valence-electron chi connectivity index (χ0n) is 20.5. The van der Waals surface area contributed by atoms with Gasteiger partial charge in [0.05, 0.1) is 10.1 Å². The lowest BCUT2D eigenvalue weighted by Crippen LogP contribution is -2.32. The number of hydrogen-bond donors (Lipinski definition) is 1. The Morgan fingerprint density at radius 3 is 1.98 bits per heavy atom. The van der Waals surface area contributed by atoms with Crippen molar-refractivity contribution in [3.63, 3.8) is 0 Å². The maximum absolute atomic E-state index is 13.3. The van der Waals surface area contributed by atoms with Gasteiger partial charge in [-0.15, -0.1) is 10.2 Å². The topological polar surface area (TPSA) is 76.4 Å². The van der Waals surface area contributed by atoms with Gasteiger partial charge in [-0.3, -0.25) is 4.40 Å². The van der Waals surface area contributed by atoms with Crippen LogP contribution < -0.4 is 5.32 Å². The summed E-state index contributed by atoms with van der Waals surface area (Å²) in [5.41, 5.74) is 1.67. The van der Waals surface area contributed by atoms with Crippen molar-refractivity contribution in [3.05, 3.63) is 72.7 Å². The van der Waals surface area contributed by atoms with Crippen LogP contribution in [0.25, 0.3) is 16.8 Å². The van der Waals surface area contributed by atoms with Gasteiger partial charge in [0.1, 0.15) is 4.90 Å². The van der Waals surface area contributed by atoms with Gasteiger partial charge < -0.3 is 5.32 Å². The average Bonchev–Trinajstić information content (AvgIpc) is 3.32. The van der Waals surface area contributed by atoms with E-state index in [1.54, 1.807) is 18.2 Å². The monoisotopic (exact) mass is 608 g/mol. The fourth-order valence-corrected chi connectivity index (χ4v) is 7.26. The highest BCUT2D eigenvalue weighted by Gasteiger charge is 2.65. The standard InChI is InChI=1S/C25H23F7N4O2S2/c26-24(27)25-35-34-23-14-3-17(15-36(23)25)16-1-8-20(9-2-16)39(37,38)21-10-4-18(5-11-21)33-19-6-12-22(13-7-19)40(28,29,30,31)32/h1-3,6-9,12-15,18,21,24,33H,4-5,10-11H2. The van der Waals surface area contributed by atoms with Crippen molar-refractivity contribution in [2.45, 2.75) is 53.2 Å². The third-order valence-corrected chi connectivity index (χ3v) is 10.4. The zero-order chi connectivity index (χ0) is 29.0. The van der Waals surface area contributed by atoms with Gasteiger partial charge >= 0.3 is 10.2 Å². The van der Waals surface area contributed by atoms with Crippen molar-refractivity contribution in [3.8, 4) is 11.1 Å². The Balaban J connectivity index is 1.24. The molecule has 1 aliphatic carbocycles. The van der Waals surface area contributed by atoms with Crippen LogP contribution in [0, 0.1) is 0 Å². The summed E-state index contributed by atoms with van der Waals surface area (Å²) >= 11 is 0. The van der Waals surface area contributed by atoms with E-state index < -0.39 is 42.5 Å². The molecule has 1 fully saturated rings. The molecule has 216 valence electrons. The van der Waals surface area contributed by atoms with Gasteiger partial charge in [0.15, 0.2) is 15.5 Å². The molecule has 0 radical (unpaired) electrons. The highest BCUT2D eigenvalue weighted by Crippen LogP contribution is 3.02. The van der Waals surface area contributed by atoms with E-state index in [0.29, 0.717) is 48.9 Å². The zero-order valence-corrected chi connectivity index (χ0v) is 22.2. The van der Waals surface area contributed by atoms with E-state index in [4.69, 9.17) is 0 Å². The van der Waals surface area contributed by atoms with Crippen LogP contribution in [0.15, 0.2) is 76.7 Å². The van der Waals surface area contributed by atoms with Crippen LogP contribution in [0.4, 0.5) is 33.9 Å². The highest BCUT2D eigenvalue weighted by molar-refractivity contribution is 8.45. The minimum Gasteiger partial charge on any atom is -0.382 e. The number of alkyl halides is 2. The molecule has 0 spiro atoms. The number of nitrogens with one attached hydrogen (secondary N) is 1. The molecular weight excluding hydrogens is 585 g/mol. The number of halogens is 7. The molecule has 2 heterocycles. The van der Waals surface area contributed by atoms with Gasteiger partial charge in [0.2, 0.25) is 5.82 Å². The second-order valence-electron chi connectivity index (χ2n) is 9.69. The smallest absolute Gasteiger partial charge is 0.310 e. The Kier molecular flexibility index (Phi) is 6.41. The van der Waals surface area contributed by atoms with Crippen molar-refractivity contribution in [1.82, 2.24) is 14.6 Å². The largest absolute Gasteiger partial charge is 0.382 e. The minimum absolute atomic E-state index is 0.109. The quantitative estimate of drug-likeness (QED) is 0.214. The number of sulfone groups is 1. The summed E-state index contributed by atoms with van der Waals surface area (Å²) in [6.07, 6.45) is 0.0657. The number of aromatic nitrogens is 3. The van der Waals surface area contributed by atoms with Crippen LogP contribution in [0.1, 0.15) is 37.9 Å². The Morgan fingerprint density at radius 1 is 0.800 bits per heavy atom. The maximum Gasteiger partial charge on any atom is 0.310 e. The third-order valence-electron chi connectivity index (χ3n) is 6.92. The normalized spacial score (nSPS) is 20.3. The summed E-state index contributed by atoms with van der Waals surface area (Å²) in [5.74, 6) is -0.498. The second kappa shape index (κ2) is 9.09. The van der Waals surface area contributed by atoms with Crippen molar-refractivity contribution in [1.29, 1.82) is 0 Å². The van der Waals surface area contributed by atoms with Crippen LogP contribution in [-0.4, -0.2) is 34.3 Å². The van der Waals surface area contributed by atoms with Crippen molar-refractivity contribution >= 4 is 31.4 Å². The summed E-state index contributed by atoms with van der Waals surface area (Å²) < 4.78 is 119. The number of hydrogen-bond acceptors (Lipinski definition) is 5. The number of benzene rings is 2. The minimum atomic E-state index is -9.75. The SMILES string of the molecule is O=S(=O)(c1ccc(-c2ccc3nnc(C(F)F)n3c2)cc1)C1CCC(Nc2ccc(S(F)(F)(F)(F)F)cc2)CC1. The number of fused-ring (bicyclic) bond motifs is 1. The van der Waals surface area contributed by atoms with Crippen molar-refractivity contribution in [2.24, 2.45) is 0 Å². The van der Waals surface area contributed by atoms with E-state index in [2.05, 4.69) is 15.5 Å². The fourth-order valence-electron chi connectivity index (χ4n) is 4.82. The number of pyridine rings is 1. The lowest BCUT2D eigenvalue weighted by molar-refractivity contribution is 0.139. The maximum atomic E-state index is 13.3. The molecule has 15 heteroatoms. The van der Waals surface area contributed by atoms with Gasteiger partial charge in [-0.05, 0) is 85.3 Å². The van der Waals surface area contributed by atoms with Crippen LogP contribution in [0.3, 0.4) is 0 Å². The van der Waals surface area contributed by atoms with Crippen LogP contribution in [0.2, 0.25) is 0 Å². The van der Waals surface area contributed by atoms with E-state index in [0.717, 1.165) is 12.1 Å². The Hall–Kier alpha value is -3.33. The number of anilines is 1. The summed E-state index contributed by atoms with van der Waals surface area (Å²) in [4.78, 5) is -1.86. The molecule has 2 aromatic heterocycles. The molecule has 0 bridgehead atoms. The predicted octanol–water partition coefficient (Wildman–Crippen LogP) is 8.19. The molecule has 0 saturated heterocycles. The molecule has 1 N–H and O–H groups in total. The first-order chi connectivity index (χ1) is 18.5. The number of nitrogens with zero attached hydrogens (tertiary/aromatic N) is 3. The second-order valence-corrected chi connectivity index (χ2v) is 14.3. The molecule has 1 saturated carbocycles. The van der Waals surface area contributed by atoms with E-state index in [9.17, 15) is 36.6 Å². The van der Waals surface area contributed by atoms with Crippen molar-refractivity contribution < 1.29 is 36.6 Å². The first-order valence-electron chi connectivity index (χ1n) is 12.1. The van der Waals surface area contributed by atoms with Gasteiger partial charge in [-0.1, -0.05) is 31.6 Å². The van der Waals surface area contributed by atoms with Gasteiger partial charge in [0, 0.05) is 17.9 Å².